The minimum Gasteiger partial charge on any atom is -0.481 e. The van der Waals surface area contributed by atoms with Crippen molar-refractivity contribution < 1.29 is 29.4 Å². The van der Waals surface area contributed by atoms with Gasteiger partial charge < -0.3 is 15.9 Å². The fourth-order valence-corrected chi connectivity index (χ4v) is 2.51. The van der Waals surface area contributed by atoms with Crippen LogP contribution in [0.25, 0.3) is 0 Å². The molecule has 0 aromatic heterocycles. The maximum Gasteiger partial charge on any atom is 0.318 e. The molecular formula is C19H35BrN2O6. The predicted molar refractivity (Wildman–Crippen MR) is 111 cm³/mol. The Labute approximate surface area is 175 Å². The van der Waals surface area contributed by atoms with Gasteiger partial charge in [0, 0.05) is 12.8 Å². The molecule has 3 amide bonds. The van der Waals surface area contributed by atoms with E-state index in [1.807, 2.05) is 19.2 Å². The highest BCUT2D eigenvalue weighted by atomic mass is 79.9. The minimum atomic E-state index is -0.814. The zero-order valence-electron chi connectivity index (χ0n) is 17.0. The van der Waals surface area contributed by atoms with Crippen molar-refractivity contribution in [1.29, 1.82) is 0 Å². The maximum atomic E-state index is 11.3. The van der Waals surface area contributed by atoms with Gasteiger partial charge in [0.2, 0.25) is 5.91 Å². The van der Waals surface area contributed by atoms with E-state index in [2.05, 4.69) is 15.9 Å². The Morgan fingerprint density at radius 3 is 1.36 bits per heavy atom. The van der Waals surface area contributed by atoms with E-state index < -0.39 is 22.3 Å². The monoisotopic (exact) mass is 466 g/mol. The number of carbonyl (C=O) groups excluding carboxylic acids is 2. The number of carboxylic acids is 2. The molecule has 0 aliphatic rings. The van der Waals surface area contributed by atoms with Crippen molar-refractivity contribution in [2.45, 2.75) is 95.2 Å². The Morgan fingerprint density at radius 2 is 1.11 bits per heavy atom. The number of hydrogen-bond donors (Lipinski definition) is 4. The number of rotatable bonds is 14. The highest BCUT2D eigenvalue weighted by Gasteiger charge is 2.32. The van der Waals surface area contributed by atoms with Crippen LogP contribution in [0.2, 0.25) is 0 Å². The number of aliphatic carboxylic acids is 2. The second-order valence-corrected chi connectivity index (χ2v) is 8.12. The SMILES string of the molecule is CCC(Br)(CC)C(=O)NC(N)=O.O=C(O)CCCCCCCCCCC(=O)O. The van der Waals surface area contributed by atoms with Gasteiger partial charge in [0.05, 0.1) is 0 Å². The first-order valence-corrected chi connectivity index (χ1v) is 10.6. The lowest BCUT2D eigenvalue weighted by Crippen LogP contribution is -2.46. The second kappa shape index (κ2) is 17.5. The number of nitrogens with one attached hydrogen (secondary N) is 1. The number of amides is 3. The zero-order valence-corrected chi connectivity index (χ0v) is 18.6. The summed E-state index contributed by atoms with van der Waals surface area (Å²) in [4.78, 5) is 42.1. The molecule has 0 aliphatic heterocycles. The van der Waals surface area contributed by atoms with Crippen molar-refractivity contribution in [3.8, 4) is 0 Å². The summed E-state index contributed by atoms with van der Waals surface area (Å²) in [6.45, 7) is 3.72. The fraction of sp³-hybridized carbons (Fsp3) is 0.789. The average molecular weight is 467 g/mol. The van der Waals surface area contributed by atoms with E-state index in [9.17, 15) is 19.2 Å². The van der Waals surface area contributed by atoms with Crippen LogP contribution in [0.15, 0.2) is 0 Å². The quantitative estimate of drug-likeness (QED) is 0.222. The number of urea groups is 1. The first-order chi connectivity index (χ1) is 13.1. The van der Waals surface area contributed by atoms with Gasteiger partial charge in [0.15, 0.2) is 0 Å². The van der Waals surface area contributed by atoms with E-state index in [-0.39, 0.29) is 18.7 Å². The van der Waals surface area contributed by atoms with Crippen molar-refractivity contribution in [2.75, 3.05) is 0 Å². The summed E-state index contributed by atoms with van der Waals surface area (Å²) in [5, 5.41) is 18.9. The Kier molecular flexibility index (Phi) is 17.8. The van der Waals surface area contributed by atoms with Gasteiger partial charge in [-0.25, -0.2) is 4.79 Å². The predicted octanol–water partition coefficient (Wildman–Crippen LogP) is 4.19. The Hall–Kier alpha value is -1.64. The van der Waals surface area contributed by atoms with Crippen LogP contribution in [0.1, 0.15) is 90.9 Å². The normalized spacial score (nSPS) is 10.5. The summed E-state index contributed by atoms with van der Waals surface area (Å²) >= 11 is 3.26. The first kappa shape index (κ1) is 28.6. The lowest BCUT2D eigenvalue weighted by atomic mass is 10.0. The van der Waals surface area contributed by atoms with Gasteiger partial charge in [0.1, 0.15) is 4.32 Å². The molecule has 0 fully saturated rings. The number of alkyl halides is 1. The van der Waals surface area contributed by atoms with Gasteiger partial charge in [-0.15, -0.1) is 0 Å². The molecule has 0 bridgehead atoms. The summed E-state index contributed by atoms with van der Waals surface area (Å²) in [6, 6.07) is -0.814. The molecule has 164 valence electrons. The molecular weight excluding hydrogens is 432 g/mol. The Bertz CT molecular complexity index is 459. The molecule has 0 aromatic carbocycles. The lowest BCUT2D eigenvalue weighted by molar-refractivity contribution is -0.138. The van der Waals surface area contributed by atoms with Gasteiger partial charge in [-0.3, -0.25) is 19.7 Å². The van der Waals surface area contributed by atoms with Crippen molar-refractivity contribution in [3.63, 3.8) is 0 Å². The summed E-state index contributed by atoms with van der Waals surface area (Å²) in [5.41, 5.74) is 4.81. The van der Waals surface area contributed by atoms with E-state index in [1.165, 1.54) is 0 Å². The van der Waals surface area contributed by atoms with Crippen LogP contribution in [0.3, 0.4) is 0 Å². The molecule has 0 aliphatic carbocycles. The van der Waals surface area contributed by atoms with Gasteiger partial charge in [0.25, 0.3) is 0 Å². The number of imide groups is 1. The van der Waals surface area contributed by atoms with Crippen LogP contribution in [0, 0.1) is 0 Å². The summed E-state index contributed by atoms with van der Waals surface area (Å²) < 4.78 is -0.665. The van der Waals surface area contributed by atoms with Crippen LogP contribution in [0.5, 0.6) is 0 Å². The maximum absolute atomic E-state index is 11.3. The summed E-state index contributed by atoms with van der Waals surface area (Å²) in [6.07, 6.45) is 9.74. The standard InChI is InChI=1S/C12H22O4.C7H13BrN2O2/c13-11(14)9-7-5-3-1-2-4-6-8-10-12(15)16;1-3-7(8,4-2)5(11)10-6(9)12/h1-10H2,(H,13,14)(H,15,16);3-4H2,1-2H3,(H3,9,10,11,12). The van der Waals surface area contributed by atoms with Crippen LogP contribution in [-0.4, -0.2) is 38.4 Å². The van der Waals surface area contributed by atoms with Crippen LogP contribution >= 0.6 is 15.9 Å². The third-order valence-electron chi connectivity index (χ3n) is 4.30. The number of carbonyl (C=O) groups is 4. The molecule has 0 rings (SSSR count). The van der Waals surface area contributed by atoms with Gasteiger partial charge in [-0.2, -0.15) is 0 Å². The van der Waals surface area contributed by atoms with E-state index in [0.717, 1.165) is 51.4 Å². The summed E-state index contributed by atoms with van der Waals surface area (Å²) in [7, 11) is 0. The van der Waals surface area contributed by atoms with Crippen molar-refractivity contribution >= 4 is 39.8 Å². The molecule has 0 atom stereocenters. The fourth-order valence-electron chi connectivity index (χ4n) is 2.41. The number of nitrogens with two attached hydrogens (primary N) is 1. The van der Waals surface area contributed by atoms with Crippen LogP contribution in [-0.2, 0) is 14.4 Å². The van der Waals surface area contributed by atoms with E-state index >= 15 is 0 Å². The highest BCUT2D eigenvalue weighted by Crippen LogP contribution is 2.26. The Morgan fingerprint density at radius 1 is 0.786 bits per heavy atom. The van der Waals surface area contributed by atoms with Gasteiger partial charge in [-0.1, -0.05) is 68.3 Å². The molecule has 8 nitrogen and oxygen atoms in total. The molecule has 0 saturated heterocycles. The van der Waals surface area contributed by atoms with Gasteiger partial charge in [-0.05, 0) is 25.7 Å². The van der Waals surface area contributed by atoms with Crippen molar-refractivity contribution in [1.82, 2.24) is 5.32 Å². The molecule has 28 heavy (non-hydrogen) atoms. The zero-order chi connectivity index (χ0) is 22.0. The Balaban J connectivity index is 0. The molecule has 0 heterocycles. The minimum absolute atomic E-state index is 0.276. The first-order valence-electron chi connectivity index (χ1n) is 9.82. The number of halogens is 1. The molecule has 0 saturated carbocycles. The average Bonchev–Trinajstić information content (AvgIpc) is 2.62. The molecule has 9 heteroatoms. The van der Waals surface area contributed by atoms with Crippen molar-refractivity contribution in [2.24, 2.45) is 5.73 Å². The molecule has 0 unspecified atom stereocenters. The smallest absolute Gasteiger partial charge is 0.318 e. The third-order valence-corrected chi connectivity index (χ3v) is 5.78. The highest BCUT2D eigenvalue weighted by molar-refractivity contribution is 9.10. The molecule has 0 spiro atoms. The van der Waals surface area contributed by atoms with Crippen LogP contribution < -0.4 is 11.1 Å². The van der Waals surface area contributed by atoms with Crippen molar-refractivity contribution in [3.05, 3.63) is 0 Å². The third kappa shape index (κ3) is 17.8. The molecule has 0 radical (unpaired) electrons. The topological polar surface area (TPSA) is 147 Å². The second-order valence-electron chi connectivity index (χ2n) is 6.61. The number of unbranched alkanes of at least 4 members (excludes halogenated alkanes) is 7. The lowest BCUT2D eigenvalue weighted by Gasteiger charge is -2.21. The molecule has 0 aromatic rings. The van der Waals surface area contributed by atoms with E-state index in [0.29, 0.717) is 12.8 Å². The van der Waals surface area contributed by atoms with E-state index in [4.69, 9.17) is 15.9 Å². The number of hydrogen-bond acceptors (Lipinski definition) is 4. The number of carboxylic acid groups (broad SMARTS) is 2. The molecule has 5 N–H and O–H groups in total. The van der Waals surface area contributed by atoms with Gasteiger partial charge >= 0.3 is 18.0 Å². The largest absolute Gasteiger partial charge is 0.481 e. The van der Waals surface area contributed by atoms with Crippen LogP contribution in [0.4, 0.5) is 4.79 Å². The summed E-state index contributed by atoms with van der Waals surface area (Å²) in [5.74, 6) is -1.80. The van der Waals surface area contributed by atoms with E-state index in [1.54, 1.807) is 0 Å². The number of primary amides is 1.